The summed E-state index contributed by atoms with van der Waals surface area (Å²) in [5.74, 6) is -0.246. The zero-order valence-electron chi connectivity index (χ0n) is 9.27. The van der Waals surface area contributed by atoms with Crippen molar-refractivity contribution in [3.05, 3.63) is 6.33 Å². The number of aromatic nitrogens is 3. The lowest BCUT2D eigenvalue weighted by Gasteiger charge is -2.21. The summed E-state index contributed by atoms with van der Waals surface area (Å²) in [4.78, 5) is 15.5. The lowest BCUT2D eigenvalue weighted by Crippen LogP contribution is -2.28. The molecule has 1 unspecified atom stereocenters. The second-order valence-electron chi connectivity index (χ2n) is 4.08. The van der Waals surface area contributed by atoms with E-state index in [2.05, 4.69) is 15.2 Å². The first kappa shape index (κ1) is 12.0. The Morgan fingerprint density at radius 3 is 2.73 bits per heavy atom. The predicted octanol–water partition coefficient (Wildman–Crippen LogP) is 1.63. The monoisotopic (exact) mass is 229 g/mol. The number of carbonyl (C=O) groups excluding carboxylic acids is 1. The summed E-state index contributed by atoms with van der Waals surface area (Å²) < 4.78 is 5.23. The van der Waals surface area contributed by atoms with Crippen LogP contribution in [-0.4, -0.2) is 32.0 Å². The molecular weight excluding hydrogens is 214 g/mol. The minimum Gasteiger partial charge on any atom is -0.459 e. The number of thioether (sulfide) groups is 1. The van der Waals surface area contributed by atoms with Gasteiger partial charge in [-0.3, -0.25) is 9.89 Å². The number of carbonyl (C=O) groups is 1. The van der Waals surface area contributed by atoms with E-state index in [4.69, 9.17) is 4.74 Å². The Balaban J connectivity index is 2.47. The molecule has 0 aliphatic rings. The molecule has 0 saturated heterocycles. The smallest absolute Gasteiger partial charge is 0.319 e. The molecule has 1 aromatic rings. The molecule has 1 aromatic heterocycles. The minimum atomic E-state index is -0.451. The maximum absolute atomic E-state index is 11.6. The van der Waals surface area contributed by atoms with Crippen molar-refractivity contribution in [1.82, 2.24) is 15.2 Å². The molecule has 1 rings (SSSR count). The Kier molecular flexibility index (Phi) is 3.73. The van der Waals surface area contributed by atoms with Crippen LogP contribution in [0.4, 0.5) is 0 Å². The van der Waals surface area contributed by atoms with Crippen molar-refractivity contribution < 1.29 is 9.53 Å². The van der Waals surface area contributed by atoms with Gasteiger partial charge in [-0.05, 0) is 27.7 Å². The number of aromatic amines is 1. The van der Waals surface area contributed by atoms with Gasteiger partial charge in [-0.25, -0.2) is 4.98 Å². The van der Waals surface area contributed by atoms with Gasteiger partial charge < -0.3 is 4.74 Å². The molecule has 0 aromatic carbocycles. The fraction of sp³-hybridized carbons (Fsp3) is 0.667. The van der Waals surface area contributed by atoms with Gasteiger partial charge in [0.2, 0.25) is 0 Å². The van der Waals surface area contributed by atoms with Gasteiger partial charge in [0.15, 0.2) is 5.16 Å². The number of hydrogen-bond acceptors (Lipinski definition) is 5. The normalized spacial score (nSPS) is 13.6. The zero-order valence-corrected chi connectivity index (χ0v) is 10.1. The van der Waals surface area contributed by atoms with E-state index in [0.717, 1.165) is 0 Å². The summed E-state index contributed by atoms with van der Waals surface area (Å²) in [7, 11) is 0. The predicted molar refractivity (Wildman–Crippen MR) is 57.5 cm³/mol. The van der Waals surface area contributed by atoms with Crippen LogP contribution in [0, 0.1) is 0 Å². The van der Waals surface area contributed by atoms with E-state index in [1.165, 1.54) is 18.1 Å². The number of ether oxygens (including phenoxy) is 1. The third kappa shape index (κ3) is 4.33. The first-order chi connectivity index (χ1) is 6.88. The lowest BCUT2D eigenvalue weighted by atomic mass is 10.2. The highest BCUT2D eigenvalue weighted by Crippen LogP contribution is 2.21. The van der Waals surface area contributed by atoms with E-state index in [9.17, 15) is 4.79 Å². The molecule has 0 fully saturated rings. The van der Waals surface area contributed by atoms with Crippen molar-refractivity contribution in [2.75, 3.05) is 0 Å². The van der Waals surface area contributed by atoms with Gasteiger partial charge in [0.05, 0.1) is 0 Å². The molecule has 0 aliphatic heterocycles. The number of hydrogen-bond donors (Lipinski definition) is 1. The Morgan fingerprint density at radius 1 is 1.60 bits per heavy atom. The molecule has 6 heteroatoms. The molecular formula is C9H15N3O2S. The Labute approximate surface area is 93.0 Å². The largest absolute Gasteiger partial charge is 0.459 e. The molecule has 0 amide bonds. The van der Waals surface area contributed by atoms with Gasteiger partial charge >= 0.3 is 5.97 Å². The van der Waals surface area contributed by atoms with E-state index in [-0.39, 0.29) is 11.2 Å². The summed E-state index contributed by atoms with van der Waals surface area (Å²) in [5, 5.41) is 6.70. The van der Waals surface area contributed by atoms with Crippen molar-refractivity contribution in [3.63, 3.8) is 0 Å². The standard InChI is InChI=1S/C9H15N3O2S/c1-6(7(13)14-9(2,3)4)15-8-10-5-11-12-8/h5-6H,1-4H3,(H,10,11,12). The molecule has 0 spiro atoms. The van der Waals surface area contributed by atoms with E-state index in [0.29, 0.717) is 5.16 Å². The van der Waals surface area contributed by atoms with Gasteiger partial charge in [-0.15, -0.1) is 0 Å². The molecule has 84 valence electrons. The maximum atomic E-state index is 11.6. The highest BCUT2D eigenvalue weighted by molar-refractivity contribution is 8.00. The van der Waals surface area contributed by atoms with Gasteiger partial charge in [0.25, 0.3) is 0 Å². The third-order valence-corrected chi connectivity index (χ3v) is 2.39. The van der Waals surface area contributed by atoms with Crippen LogP contribution in [0.3, 0.4) is 0 Å². The average molecular weight is 229 g/mol. The lowest BCUT2D eigenvalue weighted by molar-refractivity contribution is -0.153. The van der Waals surface area contributed by atoms with Crippen LogP contribution in [0.2, 0.25) is 0 Å². The molecule has 15 heavy (non-hydrogen) atoms. The quantitative estimate of drug-likeness (QED) is 0.630. The molecule has 1 N–H and O–H groups in total. The fourth-order valence-corrected chi connectivity index (χ4v) is 1.54. The summed E-state index contributed by atoms with van der Waals surface area (Å²) >= 11 is 1.30. The molecule has 0 saturated carbocycles. The summed E-state index contributed by atoms with van der Waals surface area (Å²) in [5.41, 5.74) is -0.451. The van der Waals surface area contributed by atoms with Crippen LogP contribution >= 0.6 is 11.8 Å². The number of esters is 1. The number of H-pyrrole nitrogens is 1. The Bertz CT molecular complexity index is 319. The molecule has 0 aliphatic carbocycles. The SMILES string of the molecule is CC(Sc1ncn[nH]1)C(=O)OC(C)(C)C. The molecule has 5 nitrogen and oxygen atoms in total. The Hall–Kier alpha value is -1.04. The summed E-state index contributed by atoms with van der Waals surface area (Å²) in [6.07, 6.45) is 1.41. The van der Waals surface area contributed by atoms with Gasteiger partial charge in [-0.1, -0.05) is 11.8 Å². The first-order valence-electron chi connectivity index (χ1n) is 4.63. The zero-order chi connectivity index (χ0) is 11.5. The van der Waals surface area contributed by atoms with Gasteiger partial charge in [0, 0.05) is 0 Å². The summed E-state index contributed by atoms with van der Waals surface area (Å²) in [6.45, 7) is 7.31. The number of nitrogens with one attached hydrogen (secondary N) is 1. The van der Waals surface area contributed by atoms with Crippen LogP contribution in [0.25, 0.3) is 0 Å². The minimum absolute atomic E-state index is 0.246. The van der Waals surface area contributed by atoms with E-state index in [1.54, 1.807) is 6.92 Å². The second-order valence-corrected chi connectivity index (χ2v) is 5.41. The van der Waals surface area contributed by atoms with E-state index < -0.39 is 5.60 Å². The number of nitrogens with zero attached hydrogens (tertiary/aromatic N) is 2. The van der Waals surface area contributed by atoms with Crippen molar-refractivity contribution in [2.24, 2.45) is 0 Å². The van der Waals surface area contributed by atoms with Crippen LogP contribution < -0.4 is 0 Å². The highest BCUT2D eigenvalue weighted by Gasteiger charge is 2.23. The van der Waals surface area contributed by atoms with Crippen molar-refractivity contribution in [3.8, 4) is 0 Å². The third-order valence-electron chi connectivity index (χ3n) is 1.42. The van der Waals surface area contributed by atoms with Crippen LogP contribution in [0.5, 0.6) is 0 Å². The average Bonchev–Trinajstić information content (AvgIpc) is 2.53. The molecule has 0 bridgehead atoms. The molecule has 1 atom stereocenters. The van der Waals surface area contributed by atoms with E-state index >= 15 is 0 Å². The van der Waals surface area contributed by atoms with E-state index in [1.807, 2.05) is 20.8 Å². The second kappa shape index (κ2) is 4.65. The van der Waals surface area contributed by atoms with Crippen LogP contribution in [0.1, 0.15) is 27.7 Å². The molecule has 0 radical (unpaired) electrons. The van der Waals surface area contributed by atoms with Crippen molar-refractivity contribution >= 4 is 17.7 Å². The summed E-state index contributed by atoms with van der Waals surface area (Å²) in [6, 6.07) is 0. The number of rotatable bonds is 3. The van der Waals surface area contributed by atoms with Gasteiger partial charge in [-0.2, -0.15) is 5.10 Å². The van der Waals surface area contributed by atoms with Crippen molar-refractivity contribution in [1.29, 1.82) is 0 Å². The fourth-order valence-electron chi connectivity index (χ4n) is 0.851. The van der Waals surface area contributed by atoms with Crippen LogP contribution in [-0.2, 0) is 9.53 Å². The topological polar surface area (TPSA) is 67.9 Å². The van der Waals surface area contributed by atoms with Crippen LogP contribution in [0.15, 0.2) is 11.5 Å². The van der Waals surface area contributed by atoms with Gasteiger partial charge in [0.1, 0.15) is 17.2 Å². The maximum Gasteiger partial charge on any atom is 0.319 e. The molecule has 1 heterocycles. The first-order valence-corrected chi connectivity index (χ1v) is 5.51. The highest BCUT2D eigenvalue weighted by atomic mass is 32.2. The van der Waals surface area contributed by atoms with Crippen molar-refractivity contribution in [2.45, 2.75) is 43.7 Å². The Morgan fingerprint density at radius 2 is 2.27 bits per heavy atom.